The second-order valence-corrected chi connectivity index (χ2v) is 13.0. The van der Waals surface area contributed by atoms with E-state index in [9.17, 15) is 24.3 Å². The van der Waals surface area contributed by atoms with Crippen molar-refractivity contribution in [1.29, 1.82) is 0 Å². The van der Waals surface area contributed by atoms with Crippen LogP contribution in [0.4, 0.5) is 0 Å². The molecular weight excluding hydrogens is 644 g/mol. The smallest absolute Gasteiger partial charge is 0.329 e. The number of aromatic nitrogens is 4. The van der Waals surface area contributed by atoms with Gasteiger partial charge in [-0.25, -0.2) is 9.59 Å². The summed E-state index contributed by atoms with van der Waals surface area (Å²) in [6.45, 7) is 6.47. The molecule has 4 aromatic rings. The molecule has 2 aliphatic rings. The van der Waals surface area contributed by atoms with Gasteiger partial charge in [0.15, 0.2) is 0 Å². The number of hydrogen-bond acceptors (Lipinski definition) is 9. The van der Waals surface area contributed by atoms with Gasteiger partial charge in [0.05, 0.1) is 26.6 Å². The number of nitrogens with zero attached hydrogens (tertiary/aromatic N) is 4. The number of nitrogens with one attached hydrogen (secondary N) is 2. The molecule has 3 N–H and O–H groups in total. The topological polar surface area (TPSA) is 180 Å². The first-order valence-corrected chi connectivity index (χ1v) is 16.3. The number of carbonyl (C=O) groups excluding carboxylic acids is 3. The van der Waals surface area contributed by atoms with Crippen LogP contribution in [0.5, 0.6) is 11.5 Å². The number of H-pyrrole nitrogens is 2. The molecule has 0 spiro atoms. The Hall–Kier alpha value is -5.66. The molecule has 2 saturated heterocycles. The highest BCUT2D eigenvalue weighted by molar-refractivity contribution is 5.99. The maximum Gasteiger partial charge on any atom is 0.329 e. The summed E-state index contributed by atoms with van der Waals surface area (Å²) in [5.41, 5.74) is 3.70. The van der Waals surface area contributed by atoms with Crippen LogP contribution in [0.15, 0.2) is 61.2 Å². The standard InChI is InChI=1S/C20H25N3O4.C16H17N3O4/c1-20(2,3)27-19(25)16-6-5-9-23(16)18(24)13-7-8-15(17(10-13)26-4)14-11-21-22-12-14;1-23-14-7-10(4-5-12(14)11-8-17-18-9-11)15(20)19-6-2-3-13(19)16(21)22/h7-8,10-12,16H,5-6,9H2,1-4H3,(H,21,22);4-5,7-9,13H,2-3,6H2,1H3,(H,17,18)(H,21,22)/t16-;13-/m11/s1. The Morgan fingerprint density at radius 1 is 0.760 bits per heavy atom. The second-order valence-electron chi connectivity index (χ2n) is 13.0. The molecule has 0 radical (unpaired) electrons. The van der Waals surface area contributed by atoms with E-state index in [0.717, 1.165) is 28.7 Å². The molecule has 2 amide bonds. The first-order valence-electron chi connectivity index (χ1n) is 16.3. The number of rotatable bonds is 8. The molecule has 2 aliphatic heterocycles. The number of benzene rings is 2. The molecule has 14 heteroatoms. The van der Waals surface area contributed by atoms with Crippen molar-refractivity contribution in [1.82, 2.24) is 30.2 Å². The molecule has 0 saturated carbocycles. The zero-order valence-corrected chi connectivity index (χ0v) is 28.8. The number of ether oxygens (including phenoxy) is 3. The third-order valence-corrected chi connectivity index (χ3v) is 8.51. The fraction of sp³-hybridized carbons (Fsp3) is 0.389. The van der Waals surface area contributed by atoms with Crippen LogP contribution in [0.3, 0.4) is 0 Å². The number of methoxy groups -OCH3 is 2. The number of carboxylic acids is 1. The average molecular weight is 687 g/mol. The van der Waals surface area contributed by atoms with Gasteiger partial charge in [-0.05, 0) is 82.9 Å². The Balaban J connectivity index is 0.000000197. The van der Waals surface area contributed by atoms with Gasteiger partial charge in [0.25, 0.3) is 11.8 Å². The van der Waals surface area contributed by atoms with Gasteiger partial charge in [0.1, 0.15) is 29.2 Å². The van der Waals surface area contributed by atoms with Crippen molar-refractivity contribution in [2.75, 3.05) is 27.3 Å². The molecule has 14 nitrogen and oxygen atoms in total. The SMILES string of the molecule is COc1cc(C(=O)N2CCC[C@@H]2C(=O)O)ccc1-c1cn[nH]c1.COc1cc(C(=O)N2CCC[C@@H]2C(=O)OC(C)(C)C)ccc1-c1cn[nH]c1. The van der Waals surface area contributed by atoms with Gasteiger partial charge in [-0.1, -0.05) is 0 Å². The van der Waals surface area contributed by atoms with E-state index >= 15 is 0 Å². The van der Waals surface area contributed by atoms with Crippen molar-refractivity contribution in [3.05, 3.63) is 72.3 Å². The quantitative estimate of drug-likeness (QED) is 0.218. The first-order chi connectivity index (χ1) is 23.9. The maximum atomic E-state index is 13.0. The van der Waals surface area contributed by atoms with Crippen LogP contribution in [-0.2, 0) is 14.3 Å². The summed E-state index contributed by atoms with van der Waals surface area (Å²) in [6.07, 6.45) is 9.44. The van der Waals surface area contributed by atoms with Crippen LogP contribution >= 0.6 is 0 Å². The van der Waals surface area contributed by atoms with E-state index < -0.39 is 23.7 Å². The molecule has 2 aromatic heterocycles. The van der Waals surface area contributed by atoms with Crippen molar-refractivity contribution >= 4 is 23.8 Å². The third-order valence-electron chi connectivity index (χ3n) is 8.51. The molecule has 264 valence electrons. The van der Waals surface area contributed by atoms with Crippen molar-refractivity contribution < 1.29 is 38.5 Å². The Bertz CT molecular complexity index is 1820. The van der Waals surface area contributed by atoms with Crippen molar-refractivity contribution in [2.45, 2.75) is 64.1 Å². The van der Waals surface area contributed by atoms with E-state index in [1.165, 1.54) is 12.0 Å². The van der Waals surface area contributed by atoms with E-state index in [0.29, 0.717) is 55.0 Å². The second kappa shape index (κ2) is 15.3. The molecule has 2 atom stereocenters. The minimum atomic E-state index is -0.960. The van der Waals surface area contributed by atoms with Crippen LogP contribution in [-0.4, -0.2) is 104 Å². The van der Waals surface area contributed by atoms with E-state index in [1.807, 2.05) is 26.8 Å². The maximum absolute atomic E-state index is 13.0. The highest BCUT2D eigenvalue weighted by atomic mass is 16.6. The molecule has 6 rings (SSSR count). The monoisotopic (exact) mass is 686 g/mol. The highest BCUT2D eigenvalue weighted by Gasteiger charge is 2.38. The average Bonchev–Trinajstić information content (AvgIpc) is 3.93. The number of hydrogen-bond donors (Lipinski definition) is 3. The summed E-state index contributed by atoms with van der Waals surface area (Å²) >= 11 is 0. The molecule has 50 heavy (non-hydrogen) atoms. The fourth-order valence-corrected chi connectivity index (χ4v) is 6.14. The van der Waals surface area contributed by atoms with Gasteiger partial charge < -0.3 is 29.1 Å². The van der Waals surface area contributed by atoms with Crippen LogP contribution < -0.4 is 9.47 Å². The van der Waals surface area contributed by atoms with Crippen molar-refractivity contribution in [3.8, 4) is 33.8 Å². The van der Waals surface area contributed by atoms with E-state index in [2.05, 4.69) is 20.4 Å². The fourth-order valence-electron chi connectivity index (χ4n) is 6.14. The lowest BCUT2D eigenvalue weighted by atomic mass is 10.0. The van der Waals surface area contributed by atoms with Crippen LogP contribution in [0.25, 0.3) is 22.3 Å². The number of carboxylic acid groups (broad SMARTS) is 1. The summed E-state index contributed by atoms with van der Waals surface area (Å²) in [4.78, 5) is 52.4. The summed E-state index contributed by atoms with van der Waals surface area (Å²) in [7, 11) is 3.09. The molecule has 0 bridgehead atoms. The highest BCUT2D eigenvalue weighted by Crippen LogP contribution is 2.33. The van der Waals surface area contributed by atoms with Crippen LogP contribution in [0.1, 0.15) is 67.2 Å². The number of carbonyl (C=O) groups is 4. The number of likely N-dealkylation sites (tertiary alicyclic amines) is 2. The summed E-state index contributed by atoms with van der Waals surface area (Å²) in [5.74, 6) is -0.668. The molecule has 2 fully saturated rings. The van der Waals surface area contributed by atoms with E-state index in [4.69, 9.17) is 14.2 Å². The summed E-state index contributed by atoms with van der Waals surface area (Å²) in [5, 5.41) is 22.6. The van der Waals surface area contributed by atoms with Gasteiger partial charge >= 0.3 is 11.9 Å². The predicted molar refractivity (Wildman–Crippen MR) is 183 cm³/mol. The summed E-state index contributed by atoms with van der Waals surface area (Å²) in [6, 6.07) is 9.09. The number of amides is 2. The lowest BCUT2D eigenvalue weighted by Gasteiger charge is -2.27. The minimum absolute atomic E-state index is 0.194. The third kappa shape index (κ3) is 7.96. The normalized spacial score (nSPS) is 17.1. The van der Waals surface area contributed by atoms with Crippen LogP contribution in [0.2, 0.25) is 0 Å². The number of aliphatic carboxylic acids is 1. The zero-order valence-electron chi connectivity index (χ0n) is 28.8. The molecule has 0 unspecified atom stereocenters. The lowest BCUT2D eigenvalue weighted by Crippen LogP contribution is -2.43. The van der Waals surface area contributed by atoms with Gasteiger partial charge in [0, 0.05) is 58.9 Å². The lowest BCUT2D eigenvalue weighted by molar-refractivity contribution is -0.159. The number of esters is 1. The predicted octanol–water partition coefficient (Wildman–Crippen LogP) is 4.81. The van der Waals surface area contributed by atoms with Crippen molar-refractivity contribution in [2.24, 2.45) is 0 Å². The van der Waals surface area contributed by atoms with E-state index in [-0.39, 0.29) is 17.8 Å². The van der Waals surface area contributed by atoms with Gasteiger partial charge in [-0.15, -0.1) is 0 Å². The minimum Gasteiger partial charge on any atom is -0.496 e. The molecule has 0 aliphatic carbocycles. The van der Waals surface area contributed by atoms with E-state index in [1.54, 1.807) is 67.1 Å². The van der Waals surface area contributed by atoms with Gasteiger partial charge in [-0.3, -0.25) is 19.8 Å². The van der Waals surface area contributed by atoms with Crippen LogP contribution in [0, 0.1) is 0 Å². The summed E-state index contributed by atoms with van der Waals surface area (Å²) < 4.78 is 16.3. The Kier molecular flexibility index (Phi) is 10.9. The number of aromatic amines is 2. The first kappa shape index (κ1) is 35.6. The van der Waals surface area contributed by atoms with Gasteiger partial charge in [-0.2, -0.15) is 10.2 Å². The van der Waals surface area contributed by atoms with Crippen molar-refractivity contribution in [3.63, 3.8) is 0 Å². The Morgan fingerprint density at radius 2 is 1.22 bits per heavy atom. The zero-order chi connectivity index (χ0) is 36.0. The largest absolute Gasteiger partial charge is 0.496 e. The molecule has 2 aromatic carbocycles. The molecule has 4 heterocycles. The van der Waals surface area contributed by atoms with Gasteiger partial charge in [0.2, 0.25) is 0 Å². The Labute approximate surface area is 289 Å². The molecular formula is C36H42N6O8. The Morgan fingerprint density at radius 3 is 1.62 bits per heavy atom.